The van der Waals surface area contributed by atoms with E-state index in [9.17, 15) is 9.50 Å². The van der Waals surface area contributed by atoms with Gasteiger partial charge in [0, 0.05) is 24.7 Å². The number of piperidine rings is 1. The molecule has 1 fully saturated rings. The maximum Gasteiger partial charge on any atom is 0.244 e. The minimum absolute atomic E-state index is 0.0258. The fourth-order valence-corrected chi connectivity index (χ4v) is 3.68. The number of fused-ring (bicyclic) bond motifs is 1. The maximum atomic E-state index is 14.7. The van der Waals surface area contributed by atoms with E-state index in [-0.39, 0.29) is 28.8 Å². The zero-order valence-corrected chi connectivity index (χ0v) is 16.1. The number of hydrogen-bond acceptors (Lipinski definition) is 7. The maximum absolute atomic E-state index is 14.7. The molecule has 9 heteroatoms. The first-order chi connectivity index (χ1) is 13.5. The monoisotopic (exact) mass is 386 g/mol. The van der Waals surface area contributed by atoms with Crippen LogP contribution in [0.2, 0.25) is 0 Å². The molecule has 2 N–H and O–H groups in total. The molecule has 1 aliphatic rings. The number of likely N-dealkylation sites (N-methyl/N-ethyl adjacent to an activating group) is 1. The van der Waals surface area contributed by atoms with E-state index in [1.165, 1.54) is 19.2 Å². The van der Waals surface area contributed by atoms with Crippen LogP contribution >= 0.6 is 0 Å². The number of rotatable bonds is 4. The minimum Gasteiger partial charge on any atom is -0.507 e. The summed E-state index contributed by atoms with van der Waals surface area (Å²) in [5.74, 6) is -0.171. The number of phenolic OH excluding ortho intramolecular Hbond substituents is 1. The first-order valence-electron chi connectivity index (χ1n) is 9.21. The molecule has 0 saturated carbocycles. The molecule has 0 radical (unpaired) electrons. The Morgan fingerprint density at radius 1 is 1.29 bits per heavy atom. The van der Waals surface area contributed by atoms with Gasteiger partial charge in [-0.15, -0.1) is 10.2 Å². The van der Waals surface area contributed by atoms with Crippen molar-refractivity contribution >= 4 is 11.5 Å². The minimum atomic E-state index is -0.637. The van der Waals surface area contributed by atoms with Crippen LogP contribution in [0.4, 0.5) is 10.3 Å². The van der Waals surface area contributed by atoms with E-state index >= 15 is 0 Å². The summed E-state index contributed by atoms with van der Waals surface area (Å²) in [5, 5.41) is 26.7. The number of ether oxygens (including phenoxy) is 1. The normalized spacial score (nSPS) is 17.8. The molecule has 0 unspecified atom stereocenters. The second-order valence-electron chi connectivity index (χ2n) is 7.20. The molecular weight excluding hydrogens is 363 g/mol. The number of nitrogens with one attached hydrogen (secondary N) is 1. The van der Waals surface area contributed by atoms with E-state index in [0.29, 0.717) is 11.5 Å². The number of benzene rings is 1. The highest BCUT2D eigenvalue weighted by atomic mass is 19.1. The van der Waals surface area contributed by atoms with E-state index in [0.717, 1.165) is 31.6 Å². The summed E-state index contributed by atoms with van der Waals surface area (Å²) in [5.41, 5.74) is 1.51. The van der Waals surface area contributed by atoms with Crippen LogP contribution in [0.3, 0.4) is 0 Å². The summed E-state index contributed by atoms with van der Waals surface area (Å²) in [6.07, 6.45) is 2.13. The van der Waals surface area contributed by atoms with E-state index in [1.54, 1.807) is 10.6 Å². The fraction of sp³-hybridized carbons (Fsp3) is 0.421. The lowest BCUT2D eigenvalue weighted by atomic mass is 10.1. The highest BCUT2D eigenvalue weighted by Gasteiger charge is 2.23. The van der Waals surface area contributed by atoms with E-state index < -0.39 is 5.82 Å². The standard InChI is InChI=1S/C19H23FN6O2/c1-11-7-15-18(17-14(20)8-13(28-3)9-16(17)27)22-23-19(26(15)24-11)21-12-5-4-6-25(2)10-12/h7-9,12,27H,4-6,10H2,1-3H3,(H,21,23)/t12-/m1/s1. The van der Waals surface area contributed by atoms with E-state index in [4.69, 9.17) is 4.74 Å². The van der Waals surface area contributed by atoms with Gasteiger partial charge < -0.3 is 20.1 Å². The van der Waals surface area contributed by atoms with Crippen molar-refractivity contribution < 1.29 is 14.2 Å². The Morgan fingerprint density at radius 2 is 2.11 bits per heavy atom. The van der Waals surface area contributed by atoms with Gasteiger partial charge in [0.2, 0.25) is 5.95 Å². The zero-order valence-electron chi connectivity index (χ0n) is 16.1. The Balaban J connectivity index is 1.78. The Labute approximate surface area is 161 Å². The number of methoxy groups -OCH3 is 1. The molecular formula is C19H23FN6O2. The molecule has 2 aromatic heterocycles. The van der Waals surface area contributed by atoms with Crippen LogP contribution < -0.4 is 10.1 Å². The summed E-state index contributed by atoms with van der Waals surface area (Å²) in [4.78, 5) is 2.26. The van der Waals surface area contributed by atoms with Gasteiger partial charge in [0.1, 0.15) is 23.0 Å². The molecule has 0 bridgehead atoms. The smallest absolute Gasteiger partial charge is 0.244 e. The van der Waals surface area contributed by atoms with Gasteiger partial charge in [-0.05, 0) is 39.4 Å². The lowest BCUT2D eigenvalue weighted by molar-refractivity contribution is 0.260. The highest BCUT2D eigenvalue weighted by molar-refractivity contribution is 5.82. The largest absolute Gasteiger partial charge is 0.507 e. The molecule has 3 heterocycles. The zero-order chi connectivity index (χ0) is 19.8. The lowest BCUT2D eigenvalue weighted by Gasteiger charge is -2.30. The molecule has 0 aliphatic carbocycles. The number of phenols is 1. The van der Waals surface area contributed by atoms with Crippen LogP contribution in [0, 0.1) is 12.7 Å². The van der Waals surface area contributed by atoms with Crippen LogP contribution in [0.15, 0.2) is 18.2 Å². The number of hydrogen-bond donors (Lipinski definition) is 2. The number of aromatic nitrogens is 4. The van der Waals surface area contributed by atoms with Gasteiger partial charge in [-0.2, -0.15) is 9.61 Å². The van der Waals surface area contributed by atoms with Gasteiger partial charge in [0.05, 0.1) is 23.9 Å². The number of halogens is 1. The van der Waals surface area contributed by atoms with Crippen molar-refractivity contribution in [1.29, 1.82) is 0 Å². The Bertz CT molecular complexity index is 998. The van der Waals surface area contributed by atoms with E-state index in [2.05, 4.69) is 32.6 Å². The van der Waals surface area contributed by atoms with E-state index in [1.807, 2.05) is 6.92 Å². The van der Waals surface area contributed by atoms with Crippen molar-refractivity contribution in [1.82, 2.24) is 24.7 Å². The molecule has 1 atom stereocenters. The lowest BCUT2D eigenvalue weighted by Crippen LogP contribution is -2.40. The number of anilines is 1. The fourth-order valence-electron chi connectivity index (χ4n) is 3.68. The quantitative estimate of drug-likeness (QED) is 0.712. The van der Waals surface area contributed by atoms with Gasteiger partial charge in [0.25, 0.3) is 0 Å². The number of aryl methyl sites for hydroxylation is 1. The van der Waals surface area contributed by atoms with Gasteiger partial charge >= 0.3 is 0 Å². The van der Waals surface area contributed by atoms with Crippen molar-refractivity contribution in [3.8, 4) is 22.8 Å². The second kappa shape index (κ2) is 7.23. The molecule has 0 spiro atoms. The van der Waals surface area contributed by atoms with Crippen molar-refractivity contribution in [2.45, 2.75) is 25.8 Å². The Morgan fingerprint density at radius 3 is 2.82 bits per heavy atom. The molecule has 4 rings (SSSR count). The molecule has 1 aromatic carbocycles. The molecule has 0 amide bonds. The van der Waals surface area contributed by atoms with Gasteiger partial charge in [-0.25, -0.2) is 4.39 Å². The number of likely N-dealkylation sites (tertiary alicyclic amines) is 1. The summed E-state index contributed by atoms with van der Waals surface area (Å²) in [6.45, 7) is 3.83. The summed E-state index contributed by atoms with van der Waals surface area (Å²) < 4.78 is 21.3. The molecule has 1 saturated heterocycles. The van der Waals surface area contributed by atoms with Crippen molar-refractivity contribution in [3.05, 3.63) is 29.7 Å². The number of aromatic hydroxyl groups is 1. The predicted octanol–water partition coefficient (Wildman–Crippen LogP) is 2.46. The molecule has 8 nitrogen and oxygen atoms in total. The Hall–Kier alpha value is -2.94. The molecule has 3 aromatic rings. The highest BCUT2D eigenvalue weighted by Crippen LogP contribution is 2.36. The summed E-state index contributed by atoms with van der Waals surface area (Å²) in [7, 11) is 3.50. The average molecular weight is 386 g/mol. The van der Waals surface area contributed by atoms with Crippen LogP contribution in [-0.4, -0.2) is 63.1 Å². The van der Waals surface area contributed by atoms with Gasteiger partial charge in [-0.1, -0.05) is 0 Å². The van der Waals surface area contributed by atoms with Crippen LogP contribution in [-0.2, 0) is 0 Å². The van der Waals surface area contributed by atoms with Gasteiger partial charge in [0.15, 0.2) is 0 Å². The predicted molar refractivity (Wildman–Crippen MR) is 103 cm³/mol. The topological polar surface area (TPSA) is 87.8 Å². The van der Waals surface area contributed by atoms with Gasteiger partial charge in [-0.3, -0.25) is 0 Å². The van der Waals surface area contributed by atoms with Crippen LogP contribution in [0.25, 0.3) is 16.8 Å². The third-order valence-corrected chi connectivity index (χ3v) is 4.99. The Kier molecular flexibility index (Phi) is 4.76. The summed E-state index contributed by atoms with van der Waals surface area (Å²) in [6, 6.07) is 4.59. The van der Waals surface area contributed by atoms with Crippen LogP contribution in [0.1, 0.15) is 18.5 Å². The van der Waals surface area contributed by atoms with Crippen molar-refractivity contribution in [3.63, 3.8) is 0 Å². The molecule has 28 heavy (non-hydrogen) atoms. The first-order valence-corrected chi connectivity index (χ1v) is 9.21. The third kappa shape index (κ3) is 3.33. The number of nitrogens with zero attached hydrogens (tertiary/aromatic N) is 5. The van der Waals surface area contributed by atoms with Crippen molar-refractivity contribution in [2.24, 2.45) is 0 Å². The molecule has 1 aliphatic heterocycles. The third-order valence-electron chi connectivity index (χ3n) is 4.99. The summed E-state index contributed by atoms with van der Waals surface area (Å²) >= 11 is 0. The van der Waals surface area contributed by atoms with Crippen molar-refractivity contribution in [2.75, 3.05) is 32.6 Å². The SMILES string of the molecule is COc1cc(O)c(-c2nnc(N[C@@H]3CCCN(C)C3)n3nc(C)cc23)c(F)c1. The average Bonchev–Trinajstić information content (AvgIpc) is 3.04. The van der Waals surface area contributed by atoms with Crippen LogP contribution in [0.5, 0.6) is 11.5 Å². The first kappa shape index (κ1) is 18.4. The molecule has 148 valence electrons. The second-order valence-corrected chi connectivity index (χ2v) is 7.20.